The van der Waals surface area contributed by atoms with Gasteiger partial charge in [0.1, 0.15) is 0 Å². The number of hydrogen-bond acceptors (Lipinski definition) is 3. The Bertz CT molecular complexity index is 211. The van der Waals surface area contributed by atoms with E-state index in [9.17, 15) is 4.79 Å². The molecule has 1 heterocycles. The fourth-order valence-electron chi connectivity index (χ4n) is 2.29. The van der Waals surface area contributed by atoms with Gasteiger partial charge < -0.3 is 15.2 Å². The molecule has 0 aromatic rings. The highest BCUT2D eigenvalue weighted by Gasteiger charge is 2.44. The second kappa shape index (κ2) is 3.27. The molecular formula is C9H15NO3. The number of ether oxygens (including phenoxy) is 2. The number of hydrogen-bond donors (Lipinski definition) is 1. The molecule has 74 valence electrons. The van der Waals surface area contributed by atoms with Gasteiger partial charge in [0, 0.05) is 19.3 Å². The lowest BCUT2D eigenvalue weighted by Crippen LogP contribution is -2.26. The molecule has 4 heteroatoms. The van der Waals surface area contributed by atoms with Crippen LogP contribution < -0.4 is 5.73 Å². The third-order valence-corrected chi connectivity index (χ3v) is 2.84. The van der Waals surface area contributed by atoms with Crippen molar-refractivity contribution in [2.24, 2.45) is 11.7 Å². The van der Waals surface area contributed by atoms with Crippen LogP contribution in [0.3, 0.4) is 0 Å². The summed E-state index contributed by atoms with van der Waals surface area (Å²) in [7, 11) is 0. The fourth-order valence-corrected chi connectivity index (χ4v) is 2.29. The molecule has 1 saturated carbocycles. The molecule has 2 N–H and O–H groups in total. The third kappa shape index (κ3) is 1.84. The Hall–Kier alpha value is -0.610. The minimum Gasteiger partial charge on any atom is -0.370 e. The van der Waals surface area contributed by atoms with E-state index in [0.717, 1.165) is 19.3 Å². The third-order valence-electron chi connectivity index (χ3n) is 2.84. The minimum absolute atomic E-state index is 0.222. The van der Waals surface area contributed by atoms with Crippen LogP contribution in [-0.4, -0.2) is 24.9 Å². The molecule has 2 aliphatic rings. The first-order chi connectivity index (χ1) is 6.20. The van der Waals surface area contributed by atoms with Crippen molar-refractivity contribution in [2.45, 2.75) is 31.5 Å². The Morgan fingerprint density at radius 2 is 2.15 bits per heavy atom. The van der Waals surface area contributed by atoms with Gasteiger partial charge in [0.15, 0.2) is 5.79 Å². The molecule has 1 saturated heterocycles. The Balaban J connectivity index is 1.89. The van der Waals surface area contributed by atoms with Crippen molar-refractivity contribution in [1.29, 1.82) is 0 Å². The van der Waals surface area contributed by atoms with Crippen LogP contribution in [0.2, 0.25) is 0 Å². The number of amides is 1. The van der Waals surface area contributed by atoms with Gasteiger partial charge in [0.05, 0.1) is 13.2 Å². The molecule has 2 rings (SSSR count). The number of carbonyl (C=O) groups excluding carboxylic acids is 1. The fraction of sp³-hybridized carbons (Fsp3) is 0.889. The first-order valence-corrected chi connectivity index (χ1v) is 4.76. The molecule has 0 aromatic carbocycles. The zero-order valence-electron chi connectivity index (χ0n) is 7.62. The highest BCUT2D eigenvalue weighted by molar-refractivity contribution is 5.74. The zero-order chi connectivity index (χ0) is 9.31. The maximum Gasteiger partial charge on any atom is 0.217 e. The van der Waals surface area contributed by atoms with Crippen LogP contribution in [0.15, 0.2) is 0 Å². The summed E-state index contributed by atoms with van der Waals surface area (Å²) in [5.41, 5.74) is 5.14. The molecule has 1 atom stereocenters. The Morgan fingerprint density at radius 3 is 2.77 bits per heavy atom. The van der Waals surface area contributed by atoms with Crippen LogP contribution in [0.25, 0.3) is 0 Å². The average Bonchev–Trinajstić information content (AvgIpc) is 2.63. The van der Waals surface area contributed by atoms with Gasteiger partial charge in [-0.25, -0.2) is 0 Å². The zero-order valence-corrected chi connectivity index (χ0v) is 7.62. The Kier molecular flexibility index (Phi) is 2.26. The van der Waals surface area contributed by atoms with Crippen molar-refractivity contribution >= 4 is 5.91 Å². The smallest absolute Gasteiger partial charge is 0.217 e. The second-order valence-electron chi connectivity index (χ2n) is 3.89. The van der Waals surface area contributed by atoms with Crippen LogP contribution in [0.4, 0.5) is 0 Å². The number of nitrogens with two attached hydrogens (primary N) is 1. The molecule has 13 heavy (non-hydrogen) atoms. The predicted octanol–water partition coefficient (Wildman–Crippen LogP) is 0.405. The molecule has 1 aliphatic carbocycles. The summed E-state index contributed by atoms with van der Waals surface area (Å²) < 4.78 is 11.1. The van der Waals surface area contributed by atoms with E-state index in [1.165, 1.54) is 0 Å². The van der Waals surface area contributed by atoms with Gasteiger partial charge in [0.2, 0.25) is 5.91 Å². The SMILES string of the molecule is NC(=O)CC1CCC2(C1)OCCO2. The highest BCUT2D eigenvalue weighted by atomic mass is 16.7. The van der Waals surface area contributed by atoms with E-state index in [4.69, 9.17) is 15.2 Å². The number of rotatable bonds is 2. The van der Waals surface area contributed by atoms with Crippen molar-refractivity contribution in [3.8, 4) is 0 Å². The molecule has 0 bridgehead atoms. The first kappa shape index (κ1) is 8.97. The normalized spacial score (nSPS) is 31.2. The maximum absolute atomic E-state index is 10.7. The van der Waals surface area contributed by atoms with Gasteiger partial charge in [-0.3, -0.25) is 4.79 Å². The van der Waals surface area contributed by atoms with Gasteiger partial charge in [-0.2, -0.15) is 0 Å². The van der Waals surface area contributed by atoms with Crippen LogP contribution in [0, 0.1) is 5.92 Å². The predicted molar refractivity (Wildman–Crippen MR) is 45.8 cm³/mol. The molecule has 1 spiro atoms. The van der Waals surface area contributed by atoms with E-state index < -0.39 is 0 Å². The van der Waals surface area contributed by atoms with Crippen molar-refractivity contribution in [3.63, 3.8) is 0 Å². The molecule has 1 unspecified atom stereocenters. The molecule has 0 aromatic heterocycles. The van der Waals surface area contributed by atoms with E-state index in [0.29, 0.717) is 25.6 Å². The van der Waals surface area contributed by atoms with Crippen LogP contribution in [0.1, 0.15) is 25.7 Å². The van der Waals surface area contributed by atoms with Crippen molar-refractivity contribution in [2.75, 3.05) is 13.2 Å². The highest BCUT2D eigenvalue weighted by Crippen LogP contribution is 2.41. The van der Waals surface area contributed by atoms with Gasteiger partial charge in [-0.05, 0) is 12.3 Å². The largest absolute Gasteiger partial charge is 0.370 e. The topological polar surface area (TPSA) is 61.6 Å². The summed E-state index contributed by atoms with van der Waals surface area (Å²) in [5, 5.41) is 0. The van der Waals surface area contributed by atoms with E-state index in [1.54, 1.807) is 0 Å². The summed E-state index contributed by atoms with van der Waals surface area (Å²) in [6.07, 6.45) is 3.19. The molecule has 1 aliphatic heterocycles. The van der Waals surface area contributed by atoms with Crippen molar-refractivity contribution < 1.29 is 14.3 Å². The van der Waals surface area contributed by atoms with Crippen LogP contribution in [-0.2, 0) is 14.3 Å². The second-order valence-corrected chi connectivity index (χ2v) is 3.89. The van der Waals surface area contributed by atoms with E-state index in [2.05, 4.69) is 0 Å². The lowest BCUT2D eigenvalue weighted by molar-refractivity contribution is -0.152. The minimum atomic E-state index is -0.361. The summed E-state index contributed by atoms with van der Waals surface area (Å²) in [5.74, 6) is -0.226. The average molecular weight is 185 g/mol. The van der Waals surface area contributed by atoms with Crippen molar-refractivity contribution in [1.82, 2.24) is 0 Å². The molecule has 2 fully saturated rings. The van der Waals surface area contributed by atoms with E-state index >= 15 is 0 Å². The molecule has 1 amide bonds. The Morgan fingerprint density at radius 1 is 1.46 bits per heavy atom. The first-order valence-electron chi connectivity index (χ1n) is 4.76. The summed E-state index contributed by atoms with van der Waals surface area (Å²) in [6.45, 7) is 1.37. The van der Waals surface area contributed by atoms with Crippen LogP contribution in [0.5, 0.6) is 0 Å². The molecular weight excluding hydrogens is 170 g/mol. The monoisotopic (exact) mass is 185 g/mol. The van der Waals surface area contributed by atoms with Crippen LogP contribution >= 0.6 is 0 Å². The number of primary amides is 1. The Labute approximate surface area is 77.4 Å². The molecule has 4 nitrogen and oxygen atoms in total. The summed E-state index contributed by atoms with van der Waals surface area (Å²) >= 11 is 0. The standard InChI is InChI=1S/C9H15NO3/c10-8(11)5-7-1-2-9(6-7)12-3-4-13-9/h7H,1-6H2,(H2,10,11). The van der Waals surface area contributed by atoms with Gasteiger partial charge in [0.25, 0.3) is 0 Å². The lowest BCUT2D eigenvalue weighted by Gasteiger charge is -2.21. The van der Waals surface area contributed by atoms with Gasteiger partial charge in [-0.1, -0.05) is 0 Å². The molecule has 0 radical (unpaired) electrons. The quantitative estimate of drug-likeness (QED) is 0.677. The van der Waals surface area contributed by atoms with Crippen molar-refractivity contribution in [3.05, 3.63) is 0 Å². The van der Waals surface area contributed by atoms with E-state index in [-0.39, 0.29) is 11.7 Å². The maximum atomic E-state index is 10.7. The number of carbonyl (C=O) groups is 1. The van der Waals surface area contributed by atoms with Gasteiger partial charge >= 0.3 is 0 Å². The summed E-state index contributed by atoms with van der Waals surface area (Å²) in [6, 6.07) is 0. The lowest BCUT2D eigenvalue weighted by atomic mass is 10.0. The van der Waals surface area contributed by atoms with E-state index in [1.807, 2.05) is 0 Å². The summed E-state index contributed by atoms with van der Waals surface area (Å²) in [4.78, 5) is 10.7. The van der Waals surface area contributed by atoms with Gasteiger partial charge in [-0.15, -0.1) is 0 Å².